The van der Waals surface area contributed by atoms with Gasteiger partial charge in [0.1, 0.15) is 0 Å². The third-order valence-electron chi connectivity index (χ3n) is 3.05. The summed E-state index contributed by atoms with van der Waals surface area (Å²) >= 11 is 1.78. The van der Waals surface area contributed by atoms with Crippen LogP contribution < -0.4 is 0 Å². The SMILES string of the molecule is c1ccc(CCn2cc[nH]c3ccccc3s2)cc1. The zero-order valence-electron chi connectivity index (χ0n) is 10.6. The van der Waals surface area contributed by atoms with Gasteiger partial charge in [-0.3, -0.25) is 0 Å². The molecule has 1 heterocycles. The van der Waals surface area contributed by atoms with Crippen LogP contribution in [-0.2, 0) is 13.0 Å². The molecule has 0 aliphatic carbocycles. The van der Waals surface area contributed by atoms with Crippen LogP contribution in [0.15, 0.2) is 67.0 Å². The minimum atomic E-state index is 1.00. The molecule has 3 rings (SSSR count). The Labute approximate surface area is 116 Å². The molecule has 1 N–H and O–H groups in total. The number of H-pyrrole nitrogens is 1. The summed E-state index contributed by atoms with van der Waals surface area (Å²) in [5.74, 6) is 0. The van der Waals surface area contributed by atoms with E-state index in [1.165, 1.54) is 15.8 Å². The molecular formula is C16H16N2S. The normalized spacial score (nSPS) is 10.5. The number of nitrogens with zero attached hydrogens (tertiary/aromatic N) is 1. The van der Waals surface area contributed by atoms with Crippen LogP contribution in [0, 0.1) is 0 Å². The van der Waals surface area contributed by atoms with Crippen molar-refractivity contribution in [1.29, 1.82) is 0 Å². The number of aromatic nitrogens is 2. The van der Waals surface area contributed by atoms with Crippen LogP contribution in [0.25, 0.3) is 10.2 Å². The number of hydrogen-bond acceptors (Lipinski definition) is 1. The molecule has 0 saturated heterocycles. The summed E-state index contributed by atoms with van der Waals surface area (Å²) in [5.41, 5.74) is 2.55. The van der Waals surface area contributed by atoms with Crippen LogP contribution in [0.3, 0.4) is 0 Å². The van der Waals surface area contributed by atoms with Crippen LogP contribution in [-0.4, -0.2) is 8.94 Å². The van der Waals surface area contributed by atoms with Crippen LogP contribution in [0.2, 0.25) is 0 Å². The van der Waals surface area contributed by atoms with Crippen molar-refractivity contribution in [1.82, 2.24) is 8.94 Å². The summed E-state index contributed by atoms with van der Waals surface area (Å²) < 4.78 is 3.53. The Kier molecular flexibility index (Phi) is 3.65. The maximum Gasteiger partial charge on any atom is 0.0677 e. The van der Waals surface area contributed by atoms with Gasteiger partial charge in [0, 0.05) is 18.9 Å². The second-order valence-electron chi connectivity index (χ2n) is 4.42. The second-order valence-corrected chi connectivity index (χ2v) is 5.52. The minimum Gasteiger partial charge on any atom is -0.359 e. The molecule has 2 nitrogen and oxygen atoms in total. The molecule has 0 aliphatic heterocycles. The summed E-state index contributed by atoms with van der Waals surface area (Å²) in [6.45, 7) is 1.00. The fraction of sp³-hybridized carbons (Fsp3) is 0.125. The van der Waals surface area contributed by atoms with E-state index in [-0.39, 0.29) is 0 Å². The predicted octanol–water partition coefficient (Wildman–Crippen LogP) is 4.40. The Morgan fingerprint density at radius 3 is 2.63 bits per heavy atom. The van der Waals surface area contributed by atoms with Gasteiger partial charge in [0.05, 0.1) is 10.2 Å². The Bertz CT molecular complexity index is 690. The highest BCUT2D eigenvalue weighted by molar-refractivity contribution is 7.13. The molecule has 0 saturated carbocycles. The van der Waals surface area contributed by atoms with Gasteiger partial charge in [-0.15, -0.1) is 0 Å². The molecule has 2 aromatic carbocycles. The summed E-state index contributed by atoms with van der Waals surface area (Å²) in [7, 11) is 0. The lowest BCUT2D eigenvalue weighted by atomic mass is 10.2. The number of aromatic amines is 1. The predicted molar refractivity (Wildman–Crippen MR) is 81.9 cm³/mol. The molecular weight excluding hydrogens is 252 g/mol. The van der Waals surface area contributed by atoms with Crippen molar-refractivity contribution in [3.05, 3.63) is 72.6 Å². The molecule has 19 heavy (non-hydrogen) atoms. The average Bonchev–Trinajstić information content (AvgIpc) is 2.68. The molecule has 0 aliphatic rings. The zero-order chi connectivity index (χ0) is 12.9. The van der Waals surface area contributed by atoms with Crippen molar-refractivity contribution < 1.29 is 0 Å². The van der Waals surface area contributed by atoms with Gasteiger partial charge in [-0.2, -0.15) is 0 Å². The van der Waals surface area contributed by atoms with Gasteiger partial charge in [0.15, 0.2) is 0 Å². The van der Waals surface area contributed by atoms with Crippen LogP contribution in [0.1, 0.15) is 5.56 Å². The molecule has 0 unspecified atom stereocenters. The highest BCUT2D eigenvalue weighted by Crippen LogP contribution is 2.14. The van der Waals surface area contributed by atoms with Crippen molar-refractivity contribution in [2.75, 3.05) is 0 Å². The maximum atomic E-state index is 3.31. The van der Waals surface area contributed by atoms with Crippen molar-refractivity contribution in [2.24, 2.45) is 0 Å². The monoisotopic (exact) mass is 268 g/mol. The average molecular weight is 268 g/mol. The van der Waals surface area contributed by atoms with Gasteiger partial charge >= 0.3 is 0 Å². The fourth-order valence-electron chi connectivity index (χ4n) is 2.04. The first-order chi connectivity index (χ1) is 9.42. The molecule has 1 aromatic heterocycles. The minimum absolute atomic E-state index is 1.00. The fourth-order valence-corrected chi connectivity index (χ4v) is 2.96. The van der Waals surface area contributed by atoms with E-state index in [4.69, 9.17) is 0 Å². The van der Waals surface area contributed by atoms with Gasteiger partial charge in [-0.25, -0.2) is 0 Å². The molecule has 0 atom stereocenters. The highest BCUT2D eigenvalue weighted by Gasteiger charge is 1.95. The Morgan fingerprint density at radius 2 is 1.74 bits per heavy atom. The Balaban J connectivity index is 1.85. The molecule has 0 amide bonds. The highest BCUT2D eigenvalue weighted by atomic mass is 32.1. The van der Waals surface area contributed by atoms with Crippen molar-refractivity contribution in [3.8, 4) is 0 Å². The van der Waals surface area contributed by atoms with Crippen molar-refractivity contribution in [2.45, 2.75) is 13.0 Å². The number of nitrogens with one attached hydrogen (secondary N) is 1. The third-order valence-corrected chi connectivity index (χ3v) is 4.14. The van der Waals surface area contributed by atoms with Crippen LogP contribution >= 0.6 is 11.5 Å². The van der Waals surface area contributed by atoms with E-state index in [0.717, 1.165) is 13.0 Å². The van der Waals surface area contributed by atoms with Crippen LogP contribution in [0.5, 0.6) is 0 Å². The van der Waals surface area contributed by atoms with E-state index in [9.17, 15) is 0 Å². The standard InChI is InChI=1S/C16H16N2S/c1-2-6-14(7-3-1)10-12-18-13-11-17-15-8-4-5-9-16(15)19-18/h1-9,11,13,17H,10,12H2. The van der Waals surface area contributed by atoms with E-state index in [1.54, 1.807) is 11.5 Å². The number of para-hydroxylation sites is 1. The van der Waals surface area contributed by atoms with Gasteiger partial charge in [-0.05, 0) is 24.1 Å². The third kappa shape index (κ3) is 3.06. The Morgan fingerprint density at radius 1 is 0.947 bits per heavy atom. The quantitative estimate of drug-likeness (QED) is 0.727. The summed E-state index contributed by atoms with van der Waals surface area (Å²) in [5, 5.41) is 0. The van der Waals surface area contributed by atoms with E-state index >= 15 is 0 Å². The molecule has 0 radical (unpaired) electrons. The first-order valence-electron chi connectivity index (χ1n) is 6.42. The number of hydrogen-bond donors (Lipinski definition) is 1. The lowest BCUT2D eigenvalue weighted by Gasteiger charge is -2.03. The Hall–Kier alpha value is -2.00. The first kappa shape index (κ1) is 12.1. The molecule has 3 aromatic rings. The molecule has 0 fully saturated rings. The smallest absolute Gasteiger partial charge is 0.0677 e. The van der Waals surface area contributed by atoms with Gasteiger partial charge in [-0.1, -0.05) is 54.0 Å². The van der Waals surface area contributed by atoms with Gasteiger partial charge in [0.25, 0.3) is 0 Å². The van der Waals surface area contributed by atoms with E-state index in [0.29, 0.717) is 0 Å². The molecule has 96 valence electrons. The molecule has 3 heteroatoms. The number of fused-ring (bicyclic) bond motifs is 1. The van der Waals surface area contributed by atoms with Crippen molar-refractivity contribution in [3.63, 3.8) is 0 Å². The van der Waals surface area contributed by atoms with E-state index in [2.05, 4.69) is 69.7 Å². The largest absolute Gasteiger partial charge is 0.359 e. The first-order valence-corrected chi connectivity index (χ1v) is 7.20. The summed E-state index contributed by atoms with van der Waals surface area (Å²) in [4.78, 5) is 3.31. The lowest BCUT2D eigenvalue weighted by Crippen LogP contribution is -1.96. The summed E-state index contributed by atoms with van der Waals surface area (Å²) in [6.07, 6.45) is 5.16. The number of benzene rings is 2. The van der Waals surface area contributed by atoms with Crippen molar-refractivity contribution >= 4 is 21.7 Å². The zero-order valence-corrected chi connectivity index (χ0v) is 11.4. The maximum absolute atomic E-state index is 3.31. The number of rotatable bonds is 3. The molecule has 0 spiro atoms. The number of aryl methyl sites for hydroxylation is 2. The summed E-state index contributed by atoms with van der Waals surface area (Å²) in [6, 6.07) is 19.0. The van der Waals surface area contributed by atoms with Gasteiger partial charge in [0.2, 0.25) is 0 Å². The second kappa shape index (κ2) is 5.76. The van der Waals surface area contributed by atoms with Gasteiger partial charge < -0.3 is 8.94 Å². The lowest BCUT2D eigenvalue weighted by molar-refractivity contribution is 0.750. The molecule has 0 bridgehead atoms. The van der Waals surface area contributed by atoms with E-state index < -0.39 is 0 Å². The topological polar surface area (TPSA) is 20.7 Å². The van der Waals surface area contributed by atoms with E-state index in [1.807, 2.05) is 6.20 Å². The van der Waals surface area contributed by atoms with Crippen LogP contribution in [0.4, 0.5) is 0 Å².